The standard InChI is InChI=1S/C10H13F3N2O2/c1-16-9-3-2-6(17-10(11,12)13)4-7(9)8(15)5-14/h2-4,8H,5,14-15H2,1H3/t8-/m0/s1. The van der Waals surface area contributed by atoms with E-state index in [4.69, 9.17) is 16.2 Å². The Hall–Kier alpha value is -1.47. The fourth-order valence-electron chi connectivity index (χ4n) is 1.33. The predicted molar refractivity (Wildman–Crippen MR) is 55.7 cm³/mol. The Morgan fingerprint density at radius 1 is 1.35 bits per heavy atom. The zero-order chi connectivity index (χ0) is 13.1. The summed E-state index contributed by atoms with van der Waals surface area (Å²) in [6, 6.07) is 3.07. The zero-order valence-electron chi connectivity index (χ0n) is 9.12. The van der Waals surface area contributed by atoms with Gasteiger partial charge in [-0.2, -0.15) is 0 Å². The van der Waals surface area contributed by atoms with Gasteiger partial charge in [0, 0.05) is 18.2 Å². The molecule has 0 radical (unpaired) electrons. The largest absolute Gasteiger partial charge is 0.573 e. The summed E-state index contributed by atoms with van der Waals surface area (Å²) in [6.45, 7) is 0.0891. The average Bonchev–Trinajstić information content (AvgIpc) is 2.25. The lowest BCUT2D eigenvalue weighted by Crippen LogP contribution is -2.22. The molecule has 0 aromatic heterocycles. The van der Waals surface area contributed by atoms with Gasteiger partial charge in [-0.15, -0.1) is 13.2 Å². The molecule has 17 heavy (non-hydrogen) atoms. The predicted octanol–water partition coefficient (Wildman–Crippen LogP) is 1.55. The van der Waals surface area contributed by atoms with Gasteiger partial charge < -0.3 is 20.9 Å². The van der Waals surface area contributed by atoms with E-state index in [0.717, 1.165) is 6.07 Å². The number of ether oxygens (including phenoxy) is 2. The minimum atomic E-state index is -4.74. The van der Waals surface area contributed by atoms with Crippen molar-refractivity contribution in [2.24, 2.45) is 11.5 Å². The lowest BCUT2D eigenvalue weighted by atomic mass is 10.1. The van der Waals surface area contributed by atoms with Crippen LogP contribution in [0.15, 0.2) is 18.2 Å². The molecule has 0 heterocycles. The molecule has 0 fully saturated rings. The number of alkyl halides is 3. The first-order chi connectivity index (χ1) is 7.87. The Balaban J connectivity index is 3.04. The van der Waals surface area contributed by atoms with Crippen LogP contribution in [0, 0.1) is 0 Å². The third-order valence-corrected chi connectivity index (χ3v) is 2.09. The molecular formula is C10H13F3N2O2. The fourth-order valence-corrected chi connectivity index (χ4v) is 1.33. The van der Waals surface area contributed by atoms with Crippen molar-refractivity contribution in [2.45, 2.75) is 12.4 Å². The van der Waals surface area contributed by atoms with Crippen LogP contribution in [0.1, 0.15) is 11.6 Å². The number of nitrogens with two attached hydrogens (primary N) is 2. The number of benzene rings is 1. The summed E-state index contributed by atoms with van der Waals surface area (Å²) >= 11 is 0. The molecule has 0 saturated carbocycles. The van der Waals surface area contributed by atoms with Crippen molar-refractivity contribution >= 4 is 0 Å². The first-order valence-electron chi connectivity index (χ1n) is 4.76. The molecule has 0 bridgehead atoms. The highest BCUT2D eigenvalue weighted by atomic mass is 19.4. The monoisotopic (exact) mass is 250 g/mol. The van der Waals surface area contributed by atoms with Crippen LogP contribution in [0.4, 0.5) is 13.2 Å². The lowest BCUT2D eigenvalue weighted by molar-refractivity contribution is -0.274. The van der Waals surface area contributed by atoms with Gasteiger partial charge in [-0.1, -0.05) is 0 Å². The number of halogens is 3. The van der Waals surface area contributed by atoms with Gasteiger partial charge >= 0.3 is 6.36 Å². The molecule has 4 nitrogen and oxygen atoms in total. The van der Waals surface area contributed by atoms with E-state index < -0.39 is 12.4 Å². The van der Waals surface area contributed by atoms with Crippen molar-refractivity contribution in [1.29, 1.82) is 0 Å². The van der Waals surface area contributed by atoms with E-state index in [9.17, 15) is 13.2 Å². The minimum Gasteiger partial charge on any atom is -0.496 e. The first kappa shape index (κ1) is 13.6. The maximum absolute atomic E-state index is 12.0. The van der Waals surface area contributed by atoms with Gasteiger partial charge in [0.15, 0.2) is 0 Å². The molecule has 96 valence electrons. The lowest BCUT2D eigenvalue weighted by Gasteiger charge is -2.16. The smallest absolute Gasteiger partial charge is 0.496 e. The Kier molecular flexibility index (Phi) is 4.19. The van der Waals surface area contributed by atoms with Gasteiger partial charge in [0.25, 0.3) is 0 Å². The van der Waals surface area contributed by atoms with Gasteiger partial charge in [-0.3, -0.25) is 0 Å². The van der Waals surface area contributed by atoms with Gasteiger partial charge in [0.2, 0.25) is 0 Å². The van der Waals surface area contributed by atoms with Gasteiger partial charge in [0.05, 0.1) is 7.11 Å². The second-order valence-electron chi connectivity index (χ2n) is 3.29. The Morgan fingerprint density at radius 2 is 2.00 bits per heavy atom. The molecule has 1 aromatic carbocycles. The number of hydrogen-bond donors (Lipinski definition) is 2. The van der Waals surface area contributed by atoms with Crippen LogP contribution in [0.25, 0.3) is 0 Å². The molecule has 4 N–H and O–H groups in total. The van der Waals surface area contributed by atoms with Crippen molar-refractivity contribution < 1.29 is 22.6 Å². The summed E-state index contributed by atoms with van der Waals surface area (Å²) in [5.74, 6) is 0.0228. The number of methoxy groups -OCH3 is 1. The highest BCUT2D eigenvalue weighted by Gasteiger charge is 2.31. The fraction of sp³-hybridized carbons (Fsp3) is 0.400. The summed E-state index contributed by atoms with van der Waals surface area (Å²) in [5.41, 5.74) is 11.4. The maximum Gasteiger partial charge on any atom is 0.573 e. The third kappa shape index (κ3) is 3.79. The van der Waals surface area contributed by atoms with Crippen molar-refractivity contribution in [3.63, 3.8) is 0 Å². The second-order valence-corrected chi connectivity index (χ2v) is 3.29. The number of hydrogen-bond acceptors (Lipinski definition) is 4. The summed E-state index contributed by atoms with van der Waals surface area (Å²) in [6.07, 6.45) is -4.74. The van der Waals surface area contributed by atoms with Crippen molar-refractivity contribution in [2.75, 3.05) is 13.7 Å². The van der Waals surface area contributed by atoms with Gasteiger partial charge in [0.1, 0.15) is 11.5 Å². The summed E-state index contributed by atoms with van der Waals surface area (Å²) in [5, 5.41) is 0. The van der Waals surface area contributed by atoms with Crippen LogP contribution in [0.3, 0.4) is 0 Å². The van der Waals surface area contributed by atoms with E-state index in [0.29, 0.717) is 11.3 Å². The number of rotatable bonds is 4. The zero-order valence-corrected chi connectivity index (χ0v) is 9.12. The van der Waals surface area contributed by atoms with E-state index in [1.54, 1.807) is 0 Å². The normalized spacial score (nSPS) is 13.3. The topological polar surface area (TPSA) is 70.5 Å². The molecule has 0 unspecified atom stereocenters. The van der Waals surface area contributed by atoms with Crippen LogP contribution < -0.4 is 20.9 Å². The first-order valence-corrected chi connectivity index (χ1v) is 4.76. The van der Waals surface area contributed by atoms with E-state index in [1.165, 1.54) is 19.2 Å². The second kappa shape index (κ2) is 5.24. The summed E-state index contributed by atoms with van der Waals surface area (Å²) in [4.78, 5) is 0. The average molecular weight is 250 g/mol. The molecule has 0 spiro atoms. The summed E-state index contributed by atoms with van der Waals surface area (Å²) in [7, 11) is 1.40. The Morgan fingerprint density at radius 3 is 2.47 bits per heavy atom. The third-order valence-electron chi connectivity index (χ3n) is 2.09. The van der Waals surface area contributed by atoms with Crippen LogP contribution in [-0.4, -0.2) is 20.0 Å². The molecule has 0 aliphatic rings. The molecule has 1 aromatic rings. The SMILES string of the molecule is COc1ccc(OC(F)(F)F)cc1[C@@H](N)CN. The molecular weight excluding hydrogens is 237 g/mol. The van der Waals surface area contributed by atoms with Crippen LogP contribution in [0.5, 0.6) is 11.5 Å². The van der Waals surface area contributed by atoms with E-state index in [2.05, 4.69) is 4.74 Å². The Labute approximate surface area is 96.3 Å². The van der Waals surface area contributed by atoms with E-state index in [-0.39, 0.29) is 12.3 Å². The van der Waals surface area contributed by atoms with Crippen molar-refractivity contribution in [3.8, 4) is 11.5 Å². The molecule has 0 aliphatic carbocycles. The van der Waals surface area contributed by atoms with Crippen LogP contribution >= 0.6 is 0 Å². The van der Waals surface area contributed by atoms with Crippen LogP contribution in [-0.2, 0) is 0 Å². The molecule has 0 saturated heterocycles. The quantitative estimate of drug-likeness (QED) is 0.850. The molecule has 1 atom stereocenters. The van der Waals surface area contributed by atoms with Gasteiger partial charge in [-0.05, 0) is 18.2 Å². The van der Waals surface area contributed by atoms with Crippen molar-refractivity contribution in [1.82, 2.24) is 0 Å². The molecule has 7 heteroatoms. The molecule has 0 aliphatic heterocycles. The molecule has 1 rings (SSSR count). The highest BCUT2D eigenvalue weighted by Crippen LogP contribution is 2.30. The molecule has 0 amide bonds. The van der Waals surface area contributed by atoms with Crippen molar-refractivity contribution in [3.05, 3.63) is 23.8 Å². The van der Waals surface area contributed by atoms with E-state index >= 15 is 0 Å². The van der Waals surface area contributed by atoms with Crippen LogP contribution in [0.2, 0.25) is 0 Å². The van der Waals surface area contributed by atoms with E-state index in [1.807, 2.05) is 0 Å². The maximum atomic E-state index is 12.0. The summed E-state index contributed by atoms with van der Waals surface area (Å²) < 4.78 is 44.9. The Bertz CT molecular complexity index is 382. The van der Waals surface area contributed by atoms with Gasteiger partial charge in [-0.25, -0.2) is 0 Å². The minimum absolute atomic E-state index is 0.0891. The highest BCUT2D eigenvalue weighted by molar-refractivity contribution is 5.42.